The predicted octanol–water partition coefficient (Wildman–Crippen LogP) is 1.82. The summed E-state index contributed by atoms with van der Waals surface area (Å²) in [6.45, 7) is 1.92. The first kappa shape index (κ1) is 15.1. The first-order valence-corrected chi connectivity index (χ1v) is 6.80. The standard InChI is InChI=1S/C14H12BrN3O3/c1-8-4-5-11(10(15)6-8)21-13-9(7-16)12(19)17(2)14(20)18(13)3/h4-6H,1-3H3. The molecule has 1 aromatic heterocycles. The van der Waals surface area contributed by atoms with E-state index in [0.29, 0.717) is 10.2 Å². The van der Waals surface area contributed by atoms with Crippen LogP contribution in [0.5, 0.6) is 11.6 Å². The molecule has 0 atom stereocenters. The molecule has 6 nitrogen and oxygen atoms in total. The van der Waals surface area contributed by atoms with Crippen molar-refractivity contribution in [2.24, 2.45) is 14.1 Å². The van der Waals surface area contributed by atoms with Crippen molar-refractivity contribution in [2.45, 2.75) is 6.92 Å². The number of benzene rings is 1. The average molecular weight is 350 g/mol. The molecule has 0 bridgehead atoms. The van der Waals surface area contributed by atoms with Crippen LogP contribution in [-0.2, 0) is 14.1 Å². The van der Waals surface area contributed by atoms with Gasteiger partial charge in [0.05, 0.1) is 4.47 Å². The van der Waals surface area contributed by atoms with E-state index >= 15 is 0 Å². The Balaban J connectivity index is 2.68. The minimum absolute atomic E-state index is 0.0739. The Morgan fingerprint density at radius 2 is 1.90 bits per heavy atom. The molecule has 21 heavy (non-hydrogen) atoms. The Hall–Kier alpha value is -2.33. The summed E-state index contributed by atoms with van der Waals surface area (Å²) in [5.74, 6) is 0.343. The second-order valence-corrected chi connectivity index (χ2v) is 5.39. The number of nitriles is 1. The monoisotopic (exact) mass is 349 g/mol. The zero-order chi connectivity index (χ0) is 15.7. The number of hydrogen-bond donors (Lipinski definition) is 0. The molecule has 7 heteroatoms. The van der Waals surface area contributed by atoms with Gasteiger partial charge in [-0.05, 0) is 40.5 Å². The fourth-order valence-corrected chi connectivity index (χ4v) is 2.41. The number of hydrogen-bond acceptors (Lipinski definition) is 4. The van der Waals surface area contributed by atoms with E-state index < -0.39 is 11.2 Å². The molecule has 0 amide bonds. The Kier molecular flexibility index (Phi) is 4.00. The highest BCUT2D eigenvalue weighted by Crippen LogP contribution is 2.30. The summed E-state index contributed by atoms with van der Waals surface area (Å²) in [6.07, 6.45) is 0. The first-order valence-electron chi connectivity index (χ1n) is 6.01. The van der Waals surface area contributed by atoms with Gasteiger partial charge < -0.3 is 4.74 Å². The van der Waals surface area contributed by atoms with Crippen LogP contribution in [0.3, 0.4) is 0 Å². The molecule has 0 aliphatic rings. The molecular formula is C14H12BrN3O3. The van der Waals surface area contributed by atoms with Crippen molar-refractivity contribution < 1.29 is 4.74 Å². The van der Waals surface area contributed by atoms with Crippen LogP contribution in [0.1, 0.15) is 11.1 Å². The lowest BCUT2D eigenvalue weighted by molar-refractivity contribution is 0.419. The van der Waals surface area contributed by atoms with Crippen molar-refractivity contribution in [3.8, 4) is 17.7 Å². The van der Waals surface area contributed by atoms with Gasteiger partial charge in [-0.1, -0.05) is 6.07 Å². The van der Waals surface area contributed by atoms with E-state index in [-0.39, 0.29) is 11.4 Å². The minimum atomic E-state index is -0.682. The molecule has 0 aliphatic heterocycles. The topological polar surface area (TPSA) is 77.0 Å². The summed E-state index contributed by atoms with van der Waals surface area (Å²) in [5, 5.41) is 9.16. The van der Waals surface area contributed by atoms with Gasteiger partial charge in [-0.15, -0.1) is 0 Å². The highest BCUT2D eigenvalue weighted by molar-refractivity contribution is 9.10. The molecular weight excluding hydrogens is 338 g/mol. The van der Waals surface area contributed by atoms with Gasteiger partial charge in [0, 0.05) is 14.1 Å². The Labute approximate surface area is 129 Å². The van der Waals surface area contributed by atoms with Gasteiger partial charge >= 0.3 is 5.69 Å². The van der Waals surface area contributed by atoms with Gasteiger partial charge in [0.1, 0.15) is 11.8 Å². The molecule has 0 radical (unpaired) electrons. The maximum absolute atomic E-state index is 12.0. The summed E-state index contributed by atoms with van der Waals surface area (Å²) in [5.41, 5.74) is -0.435. The lowest BCUT2D eigenvalue weighted by Gasteiger charge is -2.13. The molecule has 1 heterocycles. The van der Waals surface area contributed by atoms with Crippen molar-refractivity contribution in [1.29, 1.82) is 5.26 Å². The number of aromatic nitrogens is 2. The lowest BCUT2D eigenvalue weighted by Crippen LogP contribution is -2.38. The maximum atomic E-state index is 12.0. The van der Waals surface area contributed by atoms with E-state index in [1.54, 1.807) is 12.1 Å². The van der Waals surface area contributed by atoms with Crippen molar-refractivity contribution >= 4 is 15.9 Å². The van der Waals surface area contributed by atoms with Crippen LogP contribution in [0.25, 0.3) is 0 Å². The highest BCUT2D eigenvalue weighted by Gasteiger charge is 2.18. The van der Waals surface area contributed by atoms with Crippen molar-refractivity contribution in [1.82, 2.24) is 9.13 Å². The van der Waals surface area contributed by atoms with Gasteiger partial charge in [0.15, 0.2) is 5.56 Å². The zero-order valence-corrected chi connectivity index (χ0v) is 13.3. The third-order valence-electron chi connectivity index (χ3n) is 3.02. The maximum Gasteiger partial charge on any atom is 0.333 e. The van der Waals surface area contributed by atoms with E-state index in [1.807, 2.05) is 19.1 Å². The third-order valence-corrected chi connectivity index (χ3v) is 3.64. The molecule has 2 aromatic rings. The molecule has 108 valence electrons. The molecule has 0 unspecified atom stereocenters. The van der Waals surface area contributed by atoms with Gasteiger partial charge in [-0.2, -0.15) is 5.26 Å². The number of halogens is 1. The third kappa shape index (κ3) is 2.62. The van der Waals surface area contributed by atoms with Crippen LogP contribution in [0, 0.1) is 18.3 Å². The largest absolute Gasteiger partial charge is 0.438 e. The SMILES string of the molecule is Cc1ccc(Oc2c(C#N)c(=O)n(C)c(=O)n2C)c(Br)c1. The Bertz CT molecular complexity index is 875. The molecule has 0 spiro atoms. The van der Waals surface area contributed by atoms with Gasteiger partial charge in [-0.3, -0.25) is 13.9 Å². The quantitative estimate of drug-likeness (QED) is 0.828. The van der Waals surface area contributed by atoms with E-state index in [4.69, 9.17) is 10.00 Å². The van der Waals surface area contributed by atoms with E-state index in [2.05, 4.69) is 15.9 Å². The van der Waals surface area contributed by atoms with Crippen LogP contribution in [0.4, 0.5) is 0 Å². The van der Waals surface area contributed by atoms with Crippen molar-refractivity contribution in [3.05, 3.63) is 54.6 Å². The summed E-state index contributed by atoms with van der Waals surface area (Å²) in [7, 11) is 2.76. The Morgan fingerprint density at radius 3 is 2.48 bits per heavy atom. The first-order chi connectivity index (χ1) is 9.86. The van der Waals surface area contributed by atoms with Crippen LogP contribution in [0.15, 0.2) is 32.3 Å². The number of ether oxygens (including phenoxy) is 1. The normalized spacial score (nSPS) is 10.2. The molecule has 0 aliphatic carbocycles. The lowest BCUT2D eigenvalue weighted by atomic mass is 10.2. The molecule has 2 rings (SSSR count). The van der Waals surface area contributed by atoms with Gasteiger partial charge in [-0.25, -0.2) is 4.79 Å². The highest BCUT2D eigenvalue weighted by atomic mass is 79.9. The van der Waals surface area contributed by atoms with E-state index in [0.717, 1.165) is 14.7 Å². The minimum Gasteiger partial charge on any atom is -0.438 e. The van der Waals surface area contributed by atoms with Crippen LogP contribution in [0.2, 0.25) is 0 Å². The number of aryl methyl sites for hydroxylation is 1. The van der Waals surface area contributed by atoms with Crippen LogP contribution >= 0.6 is 15.9 Å². The predicted molar refractivity (Wildman–Crippen MR) is 80.6 cm³/mol. The molecule has 0 saturated heterocycles. The Morgan fingerprint density at radius 1 is 1.24 bits per heavy atom. The summed E-state index contributed by atoms with van der Waals surface area (Å²) >= 11 is 3.35. The smallest absolute Gasteiger partial charge is 0.333 e. The van der Waals surface area contributed by atoms with Gasteiger partial charge in [0.2, 0.25) is 5.88 Å². The summed E-state index contributed by atoms with van der Waals surface area (Å²) in [4.78, 5) is 23.9. The second-order valence-electron chi connectivity index (χ2n) is 4.53. The number of nitrogens with zero attached hydrogens (tertiary/aromatic N) is 3. The van der Waals surface area contributed by atoms with E-state index in [1.165, 1.54) is 14.1 Å². The molecule has 0 N–H and O–H groups in total. The average Bonchev–Trinajstić information content (AvgIpc) is 2.45. The molecule has 1 aromatic carbocycles. The molecule has 0 fully saturated rings. The summed E-state index contributed by atoms with van der Waals surface area (Å²) in [6, 6.07) is 7.15. The zero-order valence-electron chi connectivity index (χ0n) is 11.7. The number of rotatable bonds is 2. The second kappa shape index (κ2) is 5.58. The van der Waals surface area contributed by atoms with Crippen LogP contribution in [-0.4, -0.2) is 9.13 Å². The fraction of sp³-hybridized carbons (Fsp3) is 0.214. The fourth-order valence-electron chi connectivity index (χ4n) is 1.83. The van der Waals surface area contributed by atoms with E-state index in [9.17, 15) is 9.59 Å². The van der Waals surface area contributed by atoms with Crippen LogP contribution < -0.4 is 16.0 Å². The van der Waals surface area contributed by atoms with Crippen molar-refractivity contribution in [2.75, 3.05) is 0 Å². The molecule has 0 saturated carbocycles. The van der Waals surface area contributed by atoms with Crippen molar-refractivity contribution in [3.63, 3.8) is 0 Å². The van der Waals surface area contributed by atoms with Gasteiger partial charge in [0.25, 0.3) is 5.56 Å². The summed E-state index contributed by atoms with van der Waals surface area (Å²) < 4.78 is 8.28.